The summed E-state index contributed by atoms with van der Waals surface area (Å²) in [4.78, 5) is 13.4. The maximum absolute atomic E-state index is 14.9. The van der Waals surface area contributed by atoms with E-state index in [2.05, 4.69) is 5.32 Å². The highest BCUT2D eigenvalue weighted by Gasteiger charge is 2.28. The highest BCUT2D eigenvalue weighted by atomic mass is 19.1. The third kappa shape index (κ3) is 6.40. The standard InChI is InChI=1S/C27H35FN2O3/c1-18(29-27(31)30(2)3)21-10-13-23(14-11-21)33-24-12-9-20(16-24)15-22-5-4-6-25(26(22)28)32-17-19-7-8-19/h4-6,10-11,13-14,18-20,24H,7-9,12,15-17H2,1-3H3,(H,29,31)/t18-,20?,24+/m0/s1. The summed E-state index contributed by atoms with van der Waals surface area (Å²) < 4.78 is 26.8. The van der Waals surface area contributed by atoms with Crippen molar-refractivity contribution >= 4 is 6.03 Å². The Morgan fingerprint density at radius 2 is 1.82 bits per heavy atom. The van der Waals surface area contributed by atoms with Gasteiger partial charge in [-0.05, 0) is 86.6 Å². The largest absolute Gasteiger partial charge is 0.490 e. The van der Waals surface area contributed by atoms with Gasteiger partial charge in [0.1, 0.15) is 5.75 Å². The minimum absolute atomic E-state index is 0.0799. The molecule has 2 aliphatic rings. The van der Waals surface area contributed by atoms with E-state index in [1.807, 2.05) is 43.3 Å². The SMILES string of the molecule is C[C@H](NC(=O)N(C)C)c1ccc(O[C@@H]2CCC(Cc3cccc(OCC4CC4)c3F)C2)cc1. The zero-order valence-electron chi connectivity index (χ0n) is 19.9. The van der Waals surface area contributed by atoms with Crippen molar-refractivity contribution in [2.45, 2.75) is 57.6 Å². The fourth-order valence-corrected chi connectivity index (χ4v) is 4.38. The summed E-state index contributed by atoms with van der Waals surface area (Å²) >= 11 is 0. The van der Waals surface area contributed by atoms with Crippen LogP contribution in [0.4, 0.5) is 9.18 Å². The minimum Gasteiger partial charge on any atom is -0.490 e. The number of hydrogen-bond donors (Lipinski definition) is 1. The topological polar surface area (TPSA) is 50.8 Å². The maximum atomic E-state index is 14.9. The predicted molar refractivity (Wildman–Crippen MR) is 127 cm³/mol. The molecule has 2 saturated carbocycles. The Morgan fingerprint density at radius 1 is 1.09 bits per heavy atom. The first-order valence-electron chi connectivity index (χ1n) is 12.0. The van der Waals surface area contributed by atoms with E-state index in [1.165, 1.54) is 17.7 Å². The van der Waals surface area contributed by atoms with Crippen LogP contribution in [0.5, 0.6) is 11.5 Å². The van der Waals surface area contributed by atoms with E-state index in [9.17, 15) is 9.18 Å². The summed E-state index contributed by atoms with van der Waals surface area (Å²) in [6.45, 7) is 2.59. The Balaban J connectivity index is 1.27. The van der Waals surface area contributed by atoms with Gasteiger partial charge >= 0.3 is 6.03 Å². The second-order valence-corrected chi connectivity index (χ2v) is 9.74. The van der Waals surface area contributed by atoms with Gasteiger partial charge in [0.15, 0.2) is 11.6 Å². The van der Waals surface area contributed by atoms with E-state index in [1.54, 1.807) is 20.2 Å². The van der Waals surface area contributed by atoms with Crippen molar-refractivity contribution in [2.24, 2.45) is 11.8 Å². The number of carbonyl (C=O) groups is 1. The molecule has 2 aromatic carbocycles. The van der Waals surface area contributed by atoms with Gasteiger partial charge in [-0.15, -0.1) is 0 Å². The third-order valence-electron chi connectivity index (χ3n) is 6.65. The number of ether oxygens (including phenoxy) is 2. The molecule has 1 N–H and O–H groups in total. The first-order chi connectivity index (χ1) is 15.9. The molecule has 2 amide bonds. The molecule has 178 valence electrons. The summed E-state index contributed by atoms with van der Waals surface area (Å²) in [5, 5.41) is 2.95. The summed E-state index contributed by atoms with van der Waals surface area (Å²) in [5.74, 6) is 2.03. The Morgan fingerprint density at radius 3 is 2.52 bits per heavy atom. The second kappa shape index (κ2) is 10.4. The molecular formula is C27H35FN2O3. The number of benzene rings is 2. The number of amides is 2. The van der Waals surface area contributed by atoms with Crippen molar-refractivity contribution in [1.82, 2.24) is 10.2 Å². The minimum atomic E-state index is -0.200. The maximum Gasteiger partial charge on any atom is 0.317 e. The van der Waals surface area contributed by atoms with Crippen molar-refractivity contribution in [3.05, 3.63) is 59.4 Å². The molecule has 0 saturated heterocycles. The van der Waals surface area contributed by atoms with Crippen molar-refractivity contribution < 1.29 is 18.7 Å². The molecule has 5 nitrogen and oxygen atoms in total. The summed E-state index contributed by atoms with van der Waals surface area (Å²) in [5.41, 5.74) is 1.77. The average Bonchev–Trinajstić information content (AvgIpc) is 3.53. The van der Waals surface area contributed by atoms with Gasteiger partial charge in [-0.25, -0.2) is 9.18 Å². The average molecular weight is 455 g/mol. The van der Waals surface area contributed by atoms with E-state index >= 15 is 0 Å². The lowest BCUT2D eigenvalue weighted by Crippen LogP contribution is -2.36. The predicted octanol–water partition coefficient (Wildman–Crippen LogP) is 5.74. The number of nitrogens with one attached hydrogen (secondary N) is 1. The van der Waals surface area contributed by atoms with Crippen LogP contribution in [-0.2, 0) is 6.42 Å². The molecule has 33 heavy (non-hydrogen) atoms. The molecule has 0 radical (unpaired) electrons. The van der Waals surface area contributed by atoms with E-state index in [0.29, 0.717) is 30.6 Å². The quantitative estimate of drug-likeness (QED) is 0.526. The summed E-state index contributed by atoms with van der Waals surface area (Å²) in [6.07, 6.45) is 6.17. The monoisotopic (exact) mass is 454 g/mol. The molecule has 2 aliphatic carbocycles. The Labute approximate surface area is 196 Å². The van der Waals surface area contributed by atoms with Crippen LogP contribution in [0.2, 0.25) is 0 Å². The molecule has 0 aromatic heterocycles. The zero-order valence-corrected chi connectivity index (χ0v) is 19.9. The van der Waals surface area contributed by atoms with Gasteiger partial charge in [-0.3, -0.25) is 0 Å². The molecule has 0 bridgehead atoms. The normalized spacial score (nSPS) is 20.8. The van der Waals surface area contributed by atoms with Crippen LogP contribution in [0.1, 0.15) is 56.2 Å². The van der Waals surface area contributed by atoms with Crippen LogP contribution in [0.25, 0.3) is 0 Å². The van der Waals surface area contributed by atoms with Gasteiger partial charge in [0.2, 0.25) is 0 Å². The molecule has 2 fully saturated rings. The van der Waals surface area contributed by atoms with Crippen LogP contribution in [-0.4, -0.2) is 37.7 Å². The molecule has 0 aliphatic heterocycles. The number of nitrogens with zero attached hydrogens (tertiary/aromatic N) is 1. The van der Waals surface area contributed by atoms with Gasteiger partial charge in [0.25, 0.3) is 0 Å². The Kier molecular flexibility index (Phi) is 7.41. The van der Waals surface area contributed by atoms with E-state index in [0.717, 1.165) is 36.1 Å². The molecule has 1 unspecified atom stereocenters. The van der Waals surface area contributed by atoms with Crippen LogP contribution in [0.15, 0.2) is 42.5 Å². The highest BCUT2D eigenvalue weighted by Crippen LogP contribution is 2.34. The number of halogens is 1. The van der Waals surface area contributed by atoms with E-state index < -0.39 is 0 Å². The smallest absolute Gasteiger partial charge is 0.317 e. The van der Waals surface area contributed by atoms with Crippen LogP contribution < -0.4 is 14.8 Å². The van der Waals surface area contributed by atoms with Gasteiger partial charge in [0, 0.05) is 14.1 Å². The summed E-state index contributed by atoms with van der Waals surface area (Å²) in [7, 11) is 3.45. The zero-order chi connectivity index (χ0) is 23.4. The molecule has 0 spiro atoms. The molecule has 0 heterocycles. The molecule has 4 rings (SSSR count). The summed E-state index contributed by atoms with van der Waals surface area (Å²) in [6, 6.07) is 13.2. The first kappa shape index (κ1) is 23.4. The number of carbonyl (C=O) groups excluding carboxylic acids is 1. The second-order valence-electron chi connectivity index (χ2n) is 9.74. The lowest BCUT2D eigenvalue weighted by Gasteiger charge is -2.19. The van der Waals surface area contributed by atoms with Crippen molar-refractivity contribution in [2.75, 3.05) is 20.7 Å². The molecule has 6 heteroatoms. The van der Waals surface area contributed by atoms with Gasteiger partial charge in [-0.2, -0.15) is 0 Å². The van der Waals surface area contributed by atoms with Gasteiger partial charge in [0.05, 0.1) is 18.8 Å². The lowest BCUT2D eigenvalue weighted by atomic mass is 9.97. The Hall–Kier alpha value is -2.76. The fourth-order valence-electron chi connectivity index (χ4n) is 4.38. The van der Waals surface area contributed by atoms with Gasteiger partial charge in [-0.1, -0.05) is 24.3 Å². The van der Waals surface area contributed by atoms with Crippen LogP contribution >= 0.6 is 0 Å². The molecular weight excluding hydrogens is 419 g/mol. The van der Waals surface area contributed by atoms with E-state index in [4.69, 9.17) is 9.47 Å². The number of rotatable bonds is 9. The van der Waals surface area contributed by atoms with Crippen LogP contribution in [0.3, 0.4) is 0 Å². The van der Waals surface area contributed by atoms with E-state index in [-0.39, 0.29) is 24.0 Å². The van der Waals surface area contributed by atoms with Crippen molar-refractivity contribution in [3.63, 3.8) is 0 Å². The third-order valence-corrected chi connectivity index (χ3v) is 6.65. The highest BCUT2D eigenvalue weighted by molar-refractivity contribution is 5.74. The van der Waals surface area contributed by atoms with Crippen molar-refractivity contribution in [1.29, 1.82) is 0 Å². The van der Waals surface area contributed by atoms with Crippen molar-refractivity contribution in [3.8, 4) is 11.5 Å². The van der Waals surface area contributed by atoms with Gasteiger partial charge < -0.3 is 19.7 Å². The van der Waals surface area contributed by atoms with Crippen LogP contribution in [0, 0.1) is 17.7 Å². The first-order valence-corrected chi connectivity index (χ1v) is 12.0. The lowest BCUT2D eigenvalue weighted by molar-refractivity contribution is 0.204. The number of urea groups is 1. The number of hydrogen-bond acceptors (Lipinski definition) is 3. The molecule has 2 aromatic rings. The Bertz CT molecular complexity index is 943. The fraction of sp³-hybridized carbons (Fsp3) is 0.519. The molecule has 3 atom stereocenters.